The van der Waals surface area contributed by atoms with Crippen LogP contribution in [0.4, 0.5) is 0 Å². The monoisotopic (exact) mass is 632 g/mol. The first-order chi connectivity index (χ1) is 23.7. The van der Waals surface area contributed by atoms with Crippen molar-refractivity contribution in [2.45, 2.75) is 26.4 Å². The maximum absolute atomic E-state index is 13.7. The van der Waals surface area contributed by atoms with E-state index in [1.165, 1.54) is 0 Å². The molecule has 0 heterocycles. The van der Waals surface area contributed by atoms with Gasteiger partial charge in [-0.1, -0.05) is 121 Å². The zero-order valence-electron chi connectivity index (χ0n) is 26.5. The molecular formula is C43H36O5. The fraction of sp³-hybridized carbons (Fsp3) is 0.0930. The Morgan fingerprint density at radius 1 is 0.438 bits per heavy atom. The quantitative estimate of drug-likeness (QED) is 0.0833. The molecule has 0 saturated heterocycles. The van der Waals surface area contributed by atoms with Crippen LogP contribution in [0.3, 0.4) is 0 Å². The van der Waals surface area contributed by atoms with Crippen molar-refractivity contribution in [1.82, 2.24) is 0 Å². The summed E-state index contributed by atoms with van der Waals surface area (Å²) in [5, 5.41) is 0. The number of carbonyl (C=O) groups is 1. The molecule has 0 N–H and O–H groups in total. The second kappa shape index (κ2) is 16.5. The van der Waals surface area contributed by atoms with E-state index in [-0.39, 0.29) is 5.78 Å². The van der Waals surface area contributed by atoms with Gasteiger partial charge < -0.3 is 18.9 Å². The summed E-state index contributed by atoms with van der Waals surface area (Å²) in [6.45, 7) is 1.53. The van der Waals surface area contributed by atoms with Gasteiger partial charge in [0.1, 0.15) is 49.4 Å². The molecule has 0 spiro atoms. The van der Waals surface area contributed by atoms with E-state index in [1.54, 1.807) is 30.4 Å². The number of benzene rings is 6. The van der Waals surface area contributed by atoms with Crippen LogP contribution in [0.1, 0.15) is 38.2 Å². The summed E-state index contributed by atoms with van der Waals surface area (Å²) in [4.78, 5) is 13.7. The summed E-state index contributed by atoms with van der Waals surface area (Å²) in [6, 6.07) is 50.7. The smallest absolute Gasteiger partial charge is 0.189 e. The molecule has 5 heteroatoms. The zero-order valence-corrected chi connectivity index (χ0v) is 26.5. The van der Waals surface area contributed by atoms with E-state index in [0.717, 1.165) is 27.8 Å². The molecule has 0 aliphatic carbocycles. The Bertz CT molecular complexity index is 1920. The Kier molecular flexibility index (Phi) is 10.9. The molecule has 6 aromatic rings. The zero-order chi connectivity index (χ0) is 32.8. The molecule has 5 nitrogen and oxygen atoms in total. The van der Waals surface area contributed by atoms with Crippen LogP contribution < -0.4 is 18.9 Å². The van der Waals surface area contributed by atoms with Gasteiger partial charge >= 0.3 is 0 Å². The molecular weight excluding hydrogens is 596 g/mol. The van der Waals surface area contributed by atoms with Gasteiger partial charge in [-0.3, -0.25) is 4.79 Å². The maximum atomic E-state index is 13.7. The normalized spacial score (nSPS) is 10.8. The van der Waals surface area contributed by atoms with Gasteiger partial charge in [0.05, 0.1) is 5.56 Å². The highest BCUT2D eigenvalue weighted by Crippen LogP contribution is 2.30. The van der Waals surface area contributed by atoms with Gasteiger partial charge in [-0.25, -0.2) is 0 Å². The SMILES string of the molecule is O=C(/C=C/c1ccc(OCc2ccccc2)cc1OCc1ccccc1)c1ccc(OCc2ccccc2)cc1OCc1ccccc1. The van der Waals surface area contributed by atoms with Gasteiger partial charge in [-0.2, -0.15) is 0 Å². The Balaban J connectivity index is 1.22. The van der Waals surface area contributed by atoms with Crippen molar-refractivity contribution in [3.8, 4) is 23.0 Å². The highest BCUT2D eigenvalue weighted by molar-refractivity contribution is 6.08. The molecule has 6 aromatic carbocycles. The fourth-order valence-electron chi connectivity index (χ4n) is 4.99. The summed E-state index contributed by atoms with van der Waals surface area (Å²) in [6.07, 6.45) is 3.31. The minimum Gasteiger partial charge on any atom is -0.489 e. The van der Waals surface area contributed by atoms with Gasteiger partial charge in [0, 0.05) is 17.7 Å². The van der Waals surface area contributed by atoms with Crippen molar-refractivity contribution in [3.63, 3.8) is 0 Å². The number of ether oxygens (including phenoxy) is 4. The lowest BCUT2D eigenvalue weighted by Crippen LogP contribution is -2.04. The number of ketones is 1. The highest BCUT2D eigenvalue weighted by atomic mass is 16.5. The minimum atomic E-state index is -0.203. The number of allylic oxidation sites excluding steroid dienone is 1. The first-order valence-electron chi connectivity index (χ1n) is 15.9. The molecule has 0 bridgehead atoms. The van der Waals surface area contributed by atoms with Crippen molar-refractivity contribution in [2.75, 3.05) is 0 Å². The Morgan fingerprint density at radius 2 is 0.833 bits per heavy atom. The van der Waals surface area contributed by atoms with Gasteiger partial charge in [-0.15, -0.1) is 0 Å². The van der Waals surface area contributed by atoms with Crippen molar-refractivity contribution in [3.05, 3.63) is 197 Å². The third-order valence-corrected chi connectivity index (χ3v) is 7.59. The van der Waals surface area contributed by atoms with E-state index in [9.17, 15) is 4.79 Å². The Labute approximate surface area is 281 Å². The molecule has 0 radical (unpaired) electrons. The molecule has 0 unspecified atom stereocenters. The van der Waals surface area contributed by atoms with Crippen LogP contribution in [0.15, 0.2) is 164 Å². The van der Waals surface area contributed by atoms with Gasteiger partial charge in [0.2, 0.25) is 0 Å². The van der Waals surface area contributed by atoms with Crippen molar-refractivity contribution >= 4 is 11.9 Å². The van der Waals surface area contributed by atoms with E-state index in [0.29, 0.717) is 55.0 Å². The lowest BCUT2D eigenvalue weighted by Gasteiger charge is -2.14. The second-order valence-corrected chi connectivity index (χ2v) is 11.2. The fourth-order valence-corrected chi connectivity index (χ4v) is 4.99. The average molecular weight is 633 g/mol. The molecule has 0 aromatic heterocycles. The molecule has 0 amide bonds. The van der Waals surface area contributed by atoms with Gasteiger partial charge in [-0.05, 0) is 58.7 Å². The van der Waals surface area contributed by atoms with Crippen molar-refractivity contribution < 1.29 is 23.7 Å². The second-order valence-electron chi connectivity index (χ2n) is 11.2. The molecule has 48 heavy (non-hydrogen) atoms. The van der Waals surface area contributed by atoms with Crippen molar-refractivity contribution in [1.29, 1.82) is 0 Å². The molecule has 6 rings (SSSR count). The third-order valence-electron chi connectivity index (χ3n) is 7.59. The van der Waals surface area contributed by atoms with Crippen LogP contribution in [0, 0.1) is 0 Å². The Morgan fingerprint density at radius 3 is 1.31 bits per heavy atom. The van der Waals surface area contributed by atoms with E-state index in [1.807, 2.05) is 140 Å². The molecule has 0 fully saturated rings. The molecule has 0 aliphatic rings. The lowest BCUT2D eigenvalue weighted by atomic mass is 10.1. The minimum absolute atomic E-state index is 0.203. The molecule has 0 atom stereocenters. The average Bonchev–Trinajstić information content (AvgIpc) is 3.15. The van der Waals surface area contributed by atoms with Crippen LogP contribution in [-0.4, -0.2) is 5.78 Å². The maximum Gasteiger partial charge on any atom is 0.189 e. The summed E-state index contributed by atoms with van der Waals surface area (Å²) in [5.74, 6) is 2.15. The van der Waals surface area contributed by atoms with Crippen LogP contribution in [-0.2, 0) is 26.4 Å². The largest absolute Gasteiger partial charge is 0.489 e. The number of hydrogen-bond donors (Lipinski definition) is 0. The Hall–Kier alpha value is -6.07. The number of hydrogen-bond acceptors (Lipinski definition) is 5. The van der Waals surface area contributed by atoms with Gasteiger partial charge in [0.15, 0.2) is 5.78 Å². The van der Waals surface area contributed by atoms with Gasteiger partial charge in [0.25, 0.3) is 0 Å². The van der Waals surface area contributed by atoms with Crippen molar-refractivity contribution in [2.24, 2.45) is 0 Å². The standard InChI is InChI=1S/C43H36O5/c44-41(40-25-24-39(46-30-34-15-7-2-8-16-34)28-43(40)48-32-36-19-11-4-12-20-36)26-22-37-21-23-38(45-29-33-13-5-1-6-14-33)27-42(37)47-31-35-17-9-3-10-18-35/h1-28H,29-32H2/b26-22+. The van der Waals surface area contributed by atoms with E-state index in [2.05, 4.69) is 0 Å². The first kappa shape index (κ1) is 31.9. The first-order valence-corrected chi connectivity index (χ1v) is 15.9. The van der Waals surface area contributed by atoms with E-state index >= 15 is 0 Å². The summed E-state index contributed by atoms with van der Waals surface area (Å²) in [5.41, 5.74) is 5.34. The lowest BCUT2D eigenvalue weighted by molar-refractivity contribution is 0.104. The van der Waals surface area contributed by atoms with Crippen LogP contribution >= 0.6 is 0 Å². The molecule has 238 valence electrons. The summed E-state index contributed by atoms with van der Waals surface area (Å²) < 4.78 is 24.6. The van der Waals surface area contributed by atoms with Crippen LogP contribution in [0.25, 0.3) is 6.08 Å². The third kappa shape index (κ3) is 9.24. The number of rotatable bonds is 15. The molecule has 0 aliphatic heterocycles. The summed E-state index contributed by atoms with van der Waals surface area (Å²) in [7, 11) is 0. The topological polar surface area (TPSA) is 54.0 Å². The predicted molar refractivity (Wildman–Crippen MR) is 189 cm³/mol. The summed E-state index contributed by atoms with van der Waals surface area (Å²) >= 11 is 0. The van der Waals surface area contributed by atoms with E-state index < -0.39 is 0 Å². The predicted octanol–water partition coefficient (Wildman–Crippen LogP) is 9.90. The number of carbonyl (C=O) groups excluding carboxylic acids is 1. The molecule has 0 saturated carbocycles. The van der Waals surface area contributed by atoms with Crippen LogP contribution in [0.2, 0.25) is 0 Å². The van der Waals surface area contributed by atoms with E-state index in [4.69, 9.17) is 18.9 Å². The van der Waals surface area contributed by atoms with Crippen LogP contribution in [0.5, 0.6) is 23.0 Å². The highest BCUT2D eigenvalue weighted by Gasteiger charge is 2.14.